The van der Waals surface area contributed by atoms with Crippen LogP contribution < -0.4 is 14.9 Å². The van der Waals surface area contributed by atoms with Crippen LogP contribution in [0.4, 0.5) is 5.69 Å². The van der Waals surface area contributed by atoms with Gasteiger partial charge < -0.3 is 9.47 Å². The van der Waals surface area contributed by atoms with Crippen molar-refractivity contribution in [2.24, 2.45) is 5.10 Å². The Morgan fingerprint density at radius 3 is 2.28 bits per heavy atom. The van der Waals surface area contributed by atoms with Crippen molar-refractivity contribution in [2.75, 3.05) is 18.6 Å². The van der Waals surface area contributed by atoms with Crippen LogP contribution in [0, 0.1) is 22.7 Å². The van der Waals surface area contributed by atoms with E-state index in [0.717, 1.165) is 0 Å². The number of fused-ring (bicyclic) bond motifs is 1. The zero-order valence-electron chi connectivity index (χ0n) is 13.0. The third kappa shape index (κ3) is 3.57. The number of anilines is 1. The fraction of sp³-hybridized carbons (Fsp3) is 0.111. The molecule has 1 aliphatic heterocycles. The van der Waals surface area contributed by atoms with Crippen LogP contribution in [0.1, 0.15) is 15.9 Å². The summed E-state index contributed by atoms with van der Waals surface area (Å²) < 4.78 is 10.9. The standard InChI is InChI=1S/C18H12N4O3/c19-10-15(11-20)22-21-14-4-1-12(2-5-14)18(23)13-3-6-16-17(9-13)25-8-7-24-16/h1-6,9,21H,7-8H2. The fourth-order valence-electron chi connectivity index (χ4n) is 2.24. The fourth-order valence-corrected chi connectivity index (χ4v) is 2.24. The molecule has 0 unspecified atom stereocenters. The van der Waals surface area contributed by atoms with Gasteiger partial charge in [0.2, 0.25) is 5.71 Å². The molecule has 7 nitrogen and oxygen atoms in total. The van der Waals surface area contributed by atoms with Crippen LogP contribution in [-0.4, -0.2) is 24.7 Å². The smallest absolute Gasteiger partial charge is 0.237 e. The molecule has 0 fully saturated rings. The van der Waals surface area contributed by atoms with E-state index in [4.69, 9.17) is 20.0 Å². The van der Waals surface area contributed by atoms with Crippen molar-refractivity contribution < 1.29 is 14.3 Å². The van der Waals surface area contributed by atoms with Crippen LogP contribution in [0.2, 0.25) is 0 Å². The molecule has 2 aromatic carbocycles. The van der Waals surface area contributed by atoms with Crippen molar-refractivity contribution in [3.05, 3.63) is 53.6 Å². The second-order valence-electron chi connectivity index (χ2n) is 5.06. The molecule has 0 radical (unpaired) electrons. The van der Waals surface area contributed by atoms with Crippen LogP contribution in [0.3, 0.4) is 0 Å². The number of nitriles is 2. The van der Waals surface area contributed by atoms with Crippen molar-refractivity contribution in [1.29, 1.82) is 10.5 Å². The van der Waals surface area contributed by atoms with Gasteiger partial charge in [-0.1, -0.05) is 0 Å². The van der Waals surface area contributed by atoms with Crippen LogP contribution in [0.5, 0.6) is 11.5 Å². The minimum absolute atomic E-state index is 0.151. The molecule has 1 N–H and O–H groups in total. The number of hydrogen-bond donors (Lipinski definition) is 1. The first-order chi connectivity index (χ1) is 12.2. The van der Waals surface area contributed by atoms with Crippen LogP contribution in [0.25, 0.3) is 0 Å². The summed E-state index contributed by atoms with van der Waals surface area (Å²) in [6.07, 6.45) is 0. The number of carbonyl (C=O) groups excluding carboxylic acids is 1. The van der Waals surface area contributed by atoms with Crippen molar-refractivity contribution >= 4 is 17.2 Å². The lowest BCUT2D eigenvalue weighted by Crippen LogP contribution is -2.15. The van der Waals surface area contributed by atoms with Crippen molar-refractivity contribution in [3.8, 4) is 23.6 Å². The van der Waals surface area contributed by atoms with Gasteiger partial charge >= 0.3 is 0 Å². The van der Waals surface area contributed by atoms with Crippen LogP contribution in [0.15, 0.2) is 47.6 Å². The Hall–Kier alpha value is -3.84. The number of benzene rings is 2. The van der Waals surface area contributed by atoms with E-state index in [1.165, 1.54) is 0 Å². The molecule has 1 heterocycles. The maximum Gasteiger partial charge on any atom is 0.237 e. The van der Waals surface area contributed by atoms with E-state index in [1.807, 2.05) is 0 Å². The maximum atomic E-state index is 12.6. The third-order valence-electron chi connectivity index (χ3n) is 3.46. The summed E-state index contributed by atoms with van der Waals surface area (Å²) in [5.74, 6) is 1.04. The van der Waals surface area contributed by atoms with E-state index in [1.54, 1.807) is 54.6 Å². The first kappa shape index (κ1) is 16.0. The summed E-state index contributed by atoms with van der Waals surface area (Å²) >= 11 is 0. The lowest BCUT2D eigenvalue weighted by molar-refractivity contribution is 0.103. The maximum absolute atomic E-state index is 12.6. The number of nitrogens with one attached hydrogen (secondary N) is 1. The Morgan fingerprint density at radius 1 is 0.960 bits per heavy atom. The monoisotopic (exact) mass is 332 g/mol. The van der Waals surface area contributed by atoms with Gasteiger partial charge in [0, 0.05) is 11.1 Å². The predicted molar refractivity (Wildman–Crippen MR) is 89.6 cm³/mol. The number of ether oxygens (including phenoxy) is 2. The molecule has 0 aliphatic carbocycles. The summed E-state index contributed by atoms with van der Waals surface area (Å²) in [6, 6.07) is 14.9. The largest absolute Gasteiger partial charge is 0.486 e. The lowest BCUT2D eigenvalue weighted by Gasteiger charge is -2.18. The van der Waals surface area contributed by atoms with Gasteiger partial charge in [0.1, 0.15) is 25.4 Å². The number of hydrogen-bond acceptors (Lipinski definition) is 7. The van der Waals surface area contributed by atoms with E-state index in [2.05, 4.69) is 10.5 Å². The van der Waals surface area contributed by atoms with Gasteiger partial charge in [-0.25, -0.2) is 0 Å². The van der Waals surface area contributed by atoms with Crippen molar-refractivity contribution in [2.45, 2.75) is 0 Å². The lowest BCUT2D eigenvalue weighted by atomic mass is 10.0. The second-order valence-corrected chi connectivity index (χ2v) is 5.06. The number of hydrazone groups is 1. The number of ketones is 1. The van der Waals surface area contributed by atoms with E-state index < -0.39 is 0 Å². The van der Waals surface area contributed by atoms with Gasteiger partial charge in [-0.05, 0) is 42.5 Å². The summed E-state index contributed by atoms with van der Waals surface area (Å²) in [7, 11) is 0. The van der Waals surface area contributed by atoms with Crippen LogP contribution >= 0.6 is 0 Å². The van der Waals surface area contributed by atoms with Crippen molar-refractivity contribution in [3.63, 3.8) is 0 Å². The predicted octanol–water partition coefficient (Wildman–Crippen LogP) is 2.50. The molecule has 3 rings (SSSR count). The molecule has 0 aromatic heterocycles. The molecule has 0 spiro atoms. The third-order valence-corrected chi connectivity index (χ3v) is 3.46. The molecular weight excluding hydrogens is 320 g/mol. The number of carbonyl (C=O) groups is 1. The molecule has 0 atom stereocenters. The zero-order valence-corrected chi connectivity index (χ0v) is 13.0. The molecule has 0 saturated heterocycles. The van der Waals surface area contributed by atoms with E-state index >= 15 is 0 Å². The highest BCUT2D eigenvalue weighted by molar-refractivity contribution is 6.10. The molecule has 25 heavy (non-hydrogen) atoms. The molecule has 122 valence electrons. The molecule has 7 heteroatoms. The Bertz CT molecular complexity index is 905. The highest BCUT2D eigenvalue weighted by Gasteiger charge is 2.16. The van der Waals surface area contributed by atoms with Gasteiger partial charge in [-0.2, -0.15) is 15.6 Å². The minimum Gasteiger partial charge on any atom is -0.486 e. The molecule has 2 aromatic rings. The Morgan fingerprint density at radius 2 is 1.60 bits per heavy atom. The van der Waals surface area contributed by atoms with Crippen LogP contribution in [-0.2, 0) is 0 Å². The normalized spacial score (nSPS) is 11.6. The van der Waals surface area contributed by atoms with Crippen molar-refractivity contribution in [1.82, 2.24) is 0 Å². The van der Waals surface area contributed by atoms with E-state index in [9.17, 15) is 4.79 Å². The highest BCUT2D eigenvalue weighted by atomic mass is 16.6. The summed E-state index contributed by atoms with van der Waals surface area (Å²) in [5, 5.41) is 20.9. The van der Waals surface area contributed by atoms with Gasteiger partial charge in [0.15, 0.2) is 17.3 Å². The Balaban J connectivity index is 1.76. The zero-order chi connectivity index (χ0) is 17.6. The average Bonchev–Trinajstić information content (AvgIpc) is 2.68. The van der Waals surface area contributed by atoms with Gasteiger partial charge in [0.05, 0.1) is 5.69 Å². The summed E-state index contributed by atoms with van der Waals surface area (Å²) in [5.41, 5.74) is 3.86. The van der Waals surface area contributed by atoms with Gasteiger partial charge in [-0.3, -0.25) is 10.2 Å². The summed E-state index contributed by atoms with van der Waals surface area (Å²) in [6.45, 7) is 0.954. The Kier molecular flexibility index (Phi) is 4.59. The van der Waals surface area contributed by atoms with E-state index in [-0.39, 0.29) is 11.5 Å². The molecule has 1 aliphatic rings. The quantitative estimate of drug-likeness (QED) is 0.523. The number of nitrogens with zero attached hydrogens (tertiary/aromatic N) is 3. The summed E-state index contributed by atoms with van der Waals surface area (Å²) in [4.78, 5) is 12.6. The molecule has 0 bridgehead atoms. The van der Waals surface area contributed by atoms with Gasteiger partial charge in [0.25, 0.3) is 0 Å². The number of rotatable bonds is 4. The highest BCUT2D eigenvalue weighted by Crippen LogP contribution is 2.31. The Labute approximate surface area is 143 Å². The van der Waals surface area contributed by atoms with Gasteiger partial charge in [-0.15, -0.1) is 0 Å². The topological polar surface area (TPSA) is 108 Å². The molecule has 0 amide bonds. The second kappa shape index (κ2) is 7.16. The van der Waals surface area contributed by atoms with E-state index in [0.29, 0.717) is 41.5 Å². The average molecular weight is 332 g/mol. The molecule has 0 saturated carbocycles. The molecular formula is C18H12N4O3. The SMILES string of the molecule is N#CC(C#N)=NNc1ccc(C(=O)c2ccc3c(c2)OCCO3)cc1. The first-order valence-corrected chi connectivity index (χ1v) is 7.39. The first-order valence-electron chi connectivity index (χ1n) is 7.39. The minimum atomic E-state index is -0.281.